The normalized spacial score (nSPS) is 11.0. The van der Waals surface area contributed by atoms with Crippen molar-refractivity contribution >= 4 is 0 Å². The molecule has 0 aromatic heterocycles. The molecule has 2 nitrogen and oxygen atoms in total. The highest BCUT2D eigenvalue weighted by atomic mass is 19.3. The fourth-order valence-corrected chi connectivity index (χ4v) is 1.46. The summed E-state index contributed by atoms with van der Waals surface area (Å²) >= 11 is 0. The third-order valence-electron chi connectivity index (χ3n) is 2.26. The maximum atomic E-state index is 11.9. The minimum absolute atomic E-state index is 0.254. The summed E-state index contributed by atoms with van der Waals surface area (Å²) in [6.45, 7) is 0.621. The average Bonchev–Trinajstić information content (AvgIpc) is 2.27. The topological polar surface area (TPSA) is 21.3 Å². The SMILES string of the molecule is CNCCc1ccccc1COCC(F)F. The summed E-state index contributed by atoms with van der Waals surface area (Å²) in [5.74, 6) is 0. The average molecular weight is 229 g/mol. The van der Waals surface area contributed by atoms with Gasteiger partial charge in [0.05, 0.1) is 6.61 Å². The van der Waals surface area contributed by atoms with Gasteiger partial charge in [0, 0.05) is 0 Å². The molecule has 0 fully saturated rings. The maximum absolute atomic E-state index is 11.9. The van der Waals surface area contributed by atoms with Crippen molar-refractivity contribution in [1.82, 2.24) is 5.32 Å². The van der Waals surface area contributed by atoms with E-state index in [1.54, 1.807) is 0 Å². The predicted octanol–water partition coefficient (Wildman–Crippen LogP) is 2.23. The van der Waals surface area contributed by atoms with E-state index in [1.165, 1.54) is 0 Å². The van der Waals surface area contributed by atoms with Crippen LogP contribution in [0.1, 0.15) is 11.1 Å². The van der Waals surface area contributed by atoms with Gasteiger partial charge in [0.1, 0.15) is 6.61 Å². The van der Waals surface area contributed by atoms with E-state index in [0.717, 1.165) is 24.1 Å². The Morgan fingerprint density at radius 3 is 2.56 bits per heavy atom. The molecular formula is C12H17F2NO. The van der Waals surface area contributed by atoms with Crippen LogP contribution in [0.5, 0.6) is 0 Å². The number of halogens is 2. The van der Waals surface area contributed by atoms with Gasteiger partial charge < -0.3 is 10.1 Å². The number of hydrogen-bond acceptors (Lipinski definition) is 2. The molecule has 90 valence electrons. The van der Waals surface area contributed by atoms with Crippen LogP contribution in [-0.2, 0) is 17.8 Å². The van der Waals surface area contributed by atoms with Gasteiger partial charge in [0.25, 0.3) is 6.43 Å². The molecule has 1 N–H and O–H groups in total. The molecule has 0 bridgehead atoms. The largest absolute Gasteiger partial charge is 0.371 e. The van der Waals surface area contributed by atoms with Crippen molar-refractivity contribution in [2.24, 2.45) is 0 Å². The van der Waals surface area contributed by atoms with E-state index < -0.39 is 13.0 Å². The summed E-state index contributed by atoms with van der Waals surface area (Å²) in [7, 11) is 1.88. The van der Waals surface area contributed by atoms with Gasteiger partial charge in [-0.05, 0) is 31.1 Å². The van der Waals surface area contributed by atoms with Crippen LogP contribution in [-0.4, -0.2) is 26.6 Å². The molecule has 16 heavy (non-hydrogen) atoms. The summed E-state index contributed by atoms with van der Waals surface area (Å²) < 4.78 is 28.7. The minimum Gasteiger partial charge on any atom is -0.371 e. The molecule has 0 amide bonds. The number of hydrogen-bond donors (Lipinski definition) is 1. The summed E-state index contributed by atoms with van der Waals surface area (Å²) in [5.41, 5.74) is 2.13. The van der Waals surface area contributed by atoms with Gasteiger partial charge in [-0.1, -0.05) is 24.3 Å². The van der Waals surface area contributed by atoms with Crippen LogP contribution in [0.3, 0.4) is 0 Å². The molecule has 0 radical (unpaired) electrons. The lowest BCUT2D eigenvalue weighted by Crippen LogP contribution is -2.12. The lowest BCUT2D eigenvalue weighted by Gasteiger charge is -2.09. The van der Waals surface area contributed by atoms with E-state index in [2.05, 4.69) is 5.32 Å². The van der Waals surface area contributed by atoms with Crippen LogP contribution in [0, 0.1) is 0 Å². The Balaban J connectivity index is 2.49. The first-order chi connectivity index (χ1) is 7.74. The van der Waals surface area contributed by atoms with Crippen molar-refractivity contribution in [3.8, 4) is 0 Å². The fourth-order valence-electron chi connectivity index (χ4n) is 1.46. The molecule has 0 aliphatic heterocycles. The Labute approximate surface area is 94.6 Å². The highest BCUT2D eigenvalue weighted by molar-refractivity contribution is 5.26. The van der Waals surface area contributed by atoms with Crippen LogP contribution >= 0.6 is 0 Å². The van der Waals surface area contributed by atoms with E-state index in [4.69, 9.17) is 4.74 Å². The molecule has 1 aromatic rings. The molecule has 0 saturated carbocycles. The van der Waals surface area contributed by atoms with E-state index in [0.29, 0.717) is 0 Å². The fraction of sp³-hybridized carbons (Fsp3) is 0.500. The first-order valence-electron chi connectivity index (χ1n) is 5.31. The lowest BCUT2D eigenvalue weighted by molar-refractivity contribution is 0.00967. The molecule has 0 atom stereocenters. The Hall–Kier alpha value is -1.00. The van der Waals surface area contributed by atoms with E-state index in [-0.39, 0.29) is 6.61 Å². The Bertz CT molecular complexity index is 305. The smallest absolute Gasteiger partial charge is 0.261 e. The van der Waals surface area contributed by atoms with Crippen LogP contribution < -0.4 is 5.32 Å². The monoisotopic (exact) mass is 229 g/mol. The number of ether oxygens (including phenoxy) is 1. The second-order valence-corrected chi connectivity index (χ2v) is 3.53. The van der Waals surface area contributed by atoms with Gasteiger partial charge in [-0.15, -0.1) is 0 Å². The van der Waals surface area contributed by atoms with Crippen molar-refractivity contribution in [1.29, 1.82) is 0 Å². The van der Waals surface area contributed by atoms with Gasteiger partial charge in [0.2, 0.25) is 0 Å². The molecule has 0 aliphatic rings. The molecule has 1 rings (SSSR count). The number of benzene rings is 1. The summed E-state index contributed by atoms with van der Waals surface area (Å²) in [4.78, 5) is 0. The van der Waals surface area contributed by atoms with Gasteiger partial charge >= 0.3 is 0 Å². The zero-order valence-electron chi connectivity index (χ0n) is 9.38. The summed E-state index contributed by atoms with van der Waals surface area (Å²) in [5, 5.41) is 3.06. The first-order valence-corrected chi connectivity index (χ1v) is 5.31. The highest BCUT2D eigenvalue weighted by Gasteiger charge is 2.05. The first kappa shape index (κ1) is 13.1. The second kappa shape index (κ2) is 7.30. The lowest BCUT2D eigenvalue weighted by atomic mass is 10.1. The van der Waals surface area contributed by atoms with E-state index >= 15 is 0 Å². The number of nitrogens with one attached hydrogen (secondary N) is 1. The zero-order chi connectivity index (χ0) is 11.8. The number of alkyl halides is 2. The Kier molecular flexibility index (Phi) is 5.96. The standard InChI is InChI=1S/C12H17F2NO/c1-15-7-6-10-4-2-3-5-11(10)8-16-9-12(13)14/h2-5,12,15H,6-9H2,1H3. The van der Waals surface area contributed by atoms with Gasteiger partial charge in [0.15, 0.2) is 0 Å². The summed E-state index contributed by atoms with van der Waals surface area (Å²) in [6, 6.07) is 7.75. The highest BCUT2D eigenvalue weighted by Crippen LogP contribution is 2.11. The van der Waals surface area contributed by atoms with Crippen molar-refractivity contribution in [3.63, 3.8) is 0 Å². The van der Waals surface area contributed by atoms with Gasteiger partial charge in [-0.3, -0.25) is 0 Å². The summed E-state index contributed by atoms with van der Waals surface area (Å²) in [6.07, 6.45) is -1.52. The van der Waals surface area contributed by atoms with Crippen molar-refractivity contribution in [3.05, 3.63) is 35.4 Å². The molecule has 0 heterocycles. The van der Waals surface area contributed by atoms with Crippen LogP contribution in [0.15, 0.2) is 24.3 Å². The van der Waals surface area contributed by atoms with Crippen LogP contribution in [0.25, 0.3) is 0 Å². The van der Waals surface area contributed by atoms with Crippen molar-refractivity contribution < 1.29 is 13.5 Å². The number of likely N-dealkylation sites (N-methyl/N-ethyl adjacent to an activating group) is 1. The zero-order valence-corrected chi connectivity index (χ0v) is 9.38. The Morgan fingerprint density at radius 2 is 1.94 bits per heavy atom. The molecule has 0 spiro atoms. The third kappa shape index (κ3) is 4.68. The van der Waals surface area contributed by atoms with Crippen molar-refractivity contribution in [2.75, 3.05) is 20.2 Å². The quantitative estimate of drug-likeness (QED) is 0.774. The molecule has 0 unspecified atom stereocenters. The van der Waals surface area contributed by atoms with Crippen LogP contribution in [0.2, 0.25) is 0 Å². The molecule has 0 saturated heterocycles. The predicted molar refractivity (Wildman–Crippen MR) is 59.7 cm³/mol. The molecule has 4 heteroatoms. The van der Waals surface area contributed by atoms with E-state index in [9.17, 15) is 8.78 Å². The second-order valence-electron chi connectivity index (χ2n) is 3.53. The van der Waals surface area contributed by atoms with Gasteiger partial charge in [-0.25, -0.2) is 8.78 Å². The van der Waals surface area contributed by atoms with E-state index in [1.807, 2.05) is 31.3 Å². The van der Waals surface area contributed by atoms with Crippen LogP contribution in [0.4, 0.5) is 8.78 Å². The van der Waals surface area contributed by atoms with Crippen molar-refractivity contribution in [2.45, 2.75) is 19.5 Å². The van der Waals surface area contributed by atoms with Gasteiger partial charge in [-0.2, -0.15) is 0 Å². The minimum atomic E-state index is -2.40. The molecular weight excluding hydrogens is 212 g/mol. The third-order valence-corrected chi connectivity index (χ3v) is 2.26. The maximum Gasteiger partial charge on any atom is 0.261 e. The molecule has 1 aromatic carbocycles. The number of rotatable bonds is 7. The Morgan fingerprint density at radius 1 is 1.25 bits per heavy atom. The molecule has 0 aliphatic carbocycles.